The minimum Gasteiger partial charge on any atom is -0.376 e. The van der Waals surface area contributed by atoms with Crippen molar-refractivity contribution in [3.8, 4) is 0 Å². The molecule has 5 rings (SSSR count). The highest BCUT2D eigenvalue weighted by Crippen LogP contribution is 2.28. The summed E-state index contributed by atoms with van der Waals surface area (Å²) >= 11 is 0. The third kappa shape index (κ3) is 3.73. The van der Waals surface area contributed by atoms with Gasteiger partial charge < -0.3 is 10.1 Å². The third-order valence-corrected chi connectivity index (χ3v) is 6.11. The lowest BCUT2D eigenvalue weighted by Gasteiger charge is -2.30. The number of rotatable bonds is 3. The molecule has 1 amide bonds. The topological polar surface area (TPSA) is 86.1 Å². The highest BCUT2D eigenvalue weighted by molar-refractivity contribution is 5.98. The van der Waals surface area contributed by atoms with Crippen molar-refractivity contribution in [1.29, 1.82) is 0 Å². The van der Waals surface area contributed by atoms with Gasteiger partial charge in [0.25, 0.3) is 11.5 Å². The number of hydrogen-bond acceptors (Lipinski definition) is 5. The lowest BCUT2D eigenvalue weighted by Crippen LogP contribution is -2.40. The predicted octanol–water partition coefficient (Wildman–Crippen LogP) is 2.78. The molecule has 3 heterocycles. The number of aromatic nitrogens is 3. The summed E-state index contributed by atoms with van der Waals surface area (Å²) in [5, 5.41) is 8.74. The zero-order valence-electron chi connectivity index (χ0n) is 16.7. The molecule has 1 N–H and O–H groups in total. The van der Waals surface area contributed by atoms with Crippen molar-refractivity contribution in [2.75, 3.05) is 6.61 Å². The van der Waals surface area contributed by atoms with Crippen LogP contribution in [0.15, 0.2) is 47.4 Å². The minimum atomic E-state index is -0.0618. The summed E-state index contributed by atoms with van der Waals surface area (Å²) in [6.07, 6.45) is 5.82. The van der Waals surface area contributed by atoms with E-state index in [4.69, 9.17) is 4.74 Å². The van der Waals surface area contributed by atoms with Gasteiger partial charge in [-0.05, 0) is 49.9 Å². The maximum Gasteiger partial charge on any atom is 0.267 e. The largest absolute Gasteiger partial charge is 0.376 e. The van der Waals surface area contributed by atoms with Gasteiger partial charge in [-0.15, -0.1) is 0 Å². The van der Waals surface area contributed by atoms with Crippen molar-refractivity contribution in [3.63, 3.8) is 0 Å². The first-order valence-electron chi connectivity index (χ1n) is 10.5. The van der Waals surface area contributed by atoms with Gasteiger partial charge in [0.05, 0.1) is 30.5 Å². The molecule has 0 saturated heterocycles. The van der Waals surface area contributed by atoms with Crippen LogP contribution in [0.25, 0.3) is 10.9 Å². The van der Waals surface area contributed by atoms with Gasteiger partial charge in [0.1, 0.15) is 0 Å². The van der Waals surface area contributed by atoms with Crippen LogP contribution in [0.4, 0.5) is 0 Å². The first-order chi connectivity index (χ1) is 14.7. The molecule has 0 spiro atoms. The lowest BCUT2D eigenvalue weighted by atomic mass is 9.91. The fourth-order valence-electron chi connectivity index (χ4n) is 4.44. The van der Waals surface area contributed by atoms with Gasteiger partial charge in [0.2, 0.25) is 0 Å². The standard InChI is InChI=1S/C23H24N4O3/c28-22-13-17-14-30-11-9-21(17)26-27(22)19-6-4-18(5-7-19)25-23(29)16-3-8-20-15(12-16)2-1-10-24-20/h1-3,8,10,12-13,18-19H,4-7,9,11,14H2,(H,25,29). The SMILES string of the molecule is O=C(NC1CCC(n2nc3c(cc2=O)COCC3)CC1)c1ccc2ncccc2c1. The molecule has 0 bridgehead atoms. The van der Waals surface area contributed by atoms with Crippen LogP contribution < -0.4 is 10.9 Å². The average Bonchev–Trinajstić information content (AvgIpc) is 2.79. The van der Waals surface area contributed by atoms with Crippen LogP contribution in [-0.2, 0) is 17.8 Å². The van der Waals surface area contributed by atoms with Crippen molar-refractivity contribution in [2.45, 2.75) is 50.8 Å². The van der Waals surface area contributed by atoms with E-state index in [1.807, 2.05) is 30.3 Å². The van der Waals surface area contributed by atoms with Gasteiger partial charge in [0.15, 0.2) is 0 Å². The number of nitrogens with one attached hydrogen (secondary N) is 1. The molecule has 2 aromatic heterocycles. The Morgan fingerprint density at radius 2 is 2.00 bits per heavy atom. The van der Waals surface area contributed by atoms with E-state index in [0.717, 1.165) is 54.3 Å². The van der Waals surface area contributed by atoms with Gasteiger partial charge in [-0.1, -0.05) is 6.07 Å². The van der Waals surface area contributed by atoms with Gasteiger partial charge >= 0.3 is 0 Å². The Bertz CT molecular complexity index is 1150. The van der Waals surface area contributed by atoms with Crippen LogP contribution in [0.5, 0.6) is 0 Å². The molecule has 0 unspecified atom stereocenters. The van der Waals surface area contributed by atoms with Gasteiger partial charge in [-0.3, -0.25) is 14.6 Å². The summed E-state index contributed by atoms with van der Waals surface area (Å²) in [4.78, 5) is 29.5. The van der Waals surface area contributed by atoms with Gasteiger partial charge in [0, 0.05) is 41.2 Å². The molecule has 7 heteroatoms. The molecular formula is C23H24N4O3. The second kappa shape index (κ2) is 7.99. The van der Waals surface area contributed by atoms with Gasteiger partial charge in [-0.2, -0.15) is 5.10 Å². The molecule has 1 aromatic carbocycles. The van der Waals surface area contributed by atoms with E-state index < -0.39 is 0 Å². The van der Waals surface area contributed by atoms with Gasteiger partial charge in [-0.25, -0.2) is 4.68 Å². The molecule has 1 saturated carbocycles. The quantitative estimate of drug-likeness (QED) is 0.725. The Kier molecular flexibility index (Phi) is 5.04. The Balaban J connectivity index is 1.24. The number of carbonyl (C=O) groups excluding carboxylic acids is 1. The summed E-state index contributed by atoms with van der Waals surface area (Å²) in [5.74, 6) is -0.0618. The van der Waals surface area contributed by atoms with Crippen LogP contribution in [-0.4, -0.2) is 33.3 Å². The number of hydrogen-bond donors (Lipinski definition) is 1. The van der Waals surface area contributed by atoms with Crippen LogP contribution in [0.3, 0.4) is 0 Å². The lowest BCUT2D eigenvalue weighted by molar-refractivity contribution is 0.0920. The average molecular weight is 404 g/mol. The van der Waals surface area contributed by atoms with E-state index in [-0.39, 0.29) is 23.6 Å². The maximum absolute atomic E-state index is 12.7. The number of fused-ring (bicyclic) bond motifs is 2. The summed E-state index contributed by atoms with van der Waals surface area (Å²) in [6.45, 7) is 1.13. The van der Waals surface area contributed by atoms with Crippen LogP contribution in [0.2, 0.25) is 0 Å². The zero-order chi connectivity index (χ0) is 20.5. The Hall–Kier alpha value is -3.06. The van der Waals surface area contributed by atoms with Crippen LogP contribution >= 0.6 is 0 Å². The van der Waals surface area contributed by atoms with Crippen molar-refractivity contribution >= 4 is 16.8 Å². The van der Waals surface area contributed by atoms with E-state index in [9.17, 15) is 9.59 Å². The van der Waals surface area contributed by atoms with Crippen molar-refractivity contribution in [1.82, 2.24) is 20.1 Å². The molecule has 0 radical (unpaired) electrons. The summed E-state index contributed by atoms with van der Waals surface area (Å²) in [6, 6.07) is 11.3. The van der Waals surface area contributed by atoms with E-state index in [1.54, 1.807) is 16.9 Å². The fourth-order valence-corrected chi connectivity index (χ4v) is 4.44. The third-order valence-electron chi connectivity index (χ3n) is 6.11. The van der Waals surface area contributed by atoms with Crippen molar-refractivity contribution < 1.29 is 9.53 Å². The molecular weight excluding hydrogens is 380 g/mol. The Morgan fingerprint density at radius 1 is 1.13 bits per heavy atom. The number of ether oxygens (including phenoxy) is 1. The Labute approximate surface area is 174 Å². The van der Waals surface area contributed by atoms with E-state index >= 15 is 0 Å². The van der Waals surface area contributed by atoms with E-state index in [1.165, 1.54) is 0 Å². The molecule has 1 fully saturated rings. The summed E-state index contributed by atoms with van der Waals surface area (Å²) in [5.41, 5.74) is 3.35. The molecule has 3 aromatic rings. The smallest absolute Gasteiger partial charge is 0.267 e. The normalized spacial score (nSPS) is 21.2. The predicted molar refractivity (Wildman–Crippen MR) is 112 cm³/mol. The number of benzene rings is 1. The summed E-state index contributed by atoms with van der Waals surface area (Å²) < 4.78 is 7.07. The first-order valence-corrected chi connectivity index (χ1v) is 10.5. The molecule has 1 aliphatic carbocycles. The van der Waals surface area contributed by atoms with Crippen LogP contribution in [0, 0.1) is 0 Å². The van der Waals surface area contributed by atoms with E-state index in [0.29, 0.717) is 18.8 Å². The molecule has 0 atom stereocenters. The highest BCUT2D eigenvalue weighted by atomic mass is 16.5. The molecule has 1 aliphatic heterocycles. The second-order valence-corrected chi connectivity index (χ2v) is 8.09. The molecule has 30 heavy (non-hydrogen) atoms. The maximum atomic E-state index is 12.7. The zero-order valence-corrected chi connectivity index (χ0v) is 16.7. The number of nitrogens with zero attached hydrogens (tertiary/aromatic N) is 3. The second-order valence-electron chi connectivity index (χ2n) is 8.09. The first kappa shape index (κ1) is 18.9. The van der Waals surface area contributed by atoms with E-state index in [2.05, 4.69) is 15.4 Å². The highest BCUT2D eigenvalue weighted by Gasteiger charge is 2.26. The number of amides is 1. The monoisotopic (exact) mass is 404 g/mol. The number of carbonyl (C=O) groups is 1. The van der Waals surface area contributed by atoms with Crippen LogP contribution in [0.1, 0.15) is 53.3 Å². The number of pyridine rings is 1. The fraction of sp³-hybridized carbons (Fsp3) is 0.391. The molecule has 7 nitrogen and oxygen atoms in total. The Morgan fingerprint density at radius 3 is 2.87 bits per heavy atom. The summed E-state index contributed by atoms with van der Waals surface area (Å²) in [7, 11) is 0. The molecule has 154 valence electrons. The molecule has 2 aliphatic rings. The minimum absolute atomic E-state index is 0.0588. The van der Waals surface area contributed by atoms with Crippen molar-refractivity contribution in [2.24, 2.45) is 0 Å². The van der Waals surface area contributed by atoms with Crippen molar-refractivity contribution in [3.05, 3.63) is 69.8 Å².